The molecular weight excluding hydrogens is 260 g/mol. The number of anilines is 1. The molecular formula is C15H17ClN2O. The highest BCUT2D eigenvalue weighted by atomic mass is 35.5. The molecule has 0 fully saturated rings. The number of aryl methyl sites for hydroxylation is 1. The smallest absolute Gasteiger partial charge is 0.0864 e. The van der Waals surface area contributed by atoms with Crippen LogP contribution in [0, 0.1) is 0 Å². The summed E-state index contributed by atoms with van der Waals surface area (Å²) in [6, 6.07) is 8.39. The van der Waals surface area contributed by atoms with Crippen molar-refractivity contribution in [1.29, 1.82) is 0 Å². The summed E-state index contributed by atoms with van der Waals surface area (Å²) in [4.78, 5) is 4.83. The second-order valence-electron chi connectivity index (χ2n) is 5.04. The minimum Gasteiger partial charge on any atom is -0.382 e. The second-order valence-corrected chi connectivity index (χ2v) is 5.04. The van der Waals surface area contributed by atoms with Crippen LogP contribution < -0.4 is 5.32 Å². The lowest BCUT2D eigenvalue weighted by Crippen LogP contribution is -2.14. The van der Waals surface area contributed by atoms with Crippen LogP contribution in [0.1, 0.15) is 30.2 Å². The molecule has 0 radical (unpaired) electrons. The van der Waals surface area contributed by atoms with Gasteiger partial charge in [0.05, 0.1) is 23.9 Å². The molecule has 100 valence electrons. The number of pyridine rings is 1. The van der Waals surface area contributed by atoms with Gasteiger partial charge in [-0.25, -0.2) is 0 Å². The summed E-state index contributed by atoms with van der Waals surface area (Å²) in [6.07, 6.45) is 3.63. The molecule has 1 aromatic carbocycles. The number of ether oxygens (including phenoxy) is 1. The van der Waals surface area contributed by atoms with Gasteiger partial charge in [0.25, 0.3) is 0 Å². The van der Waals surface area contributed by atoms with Gasteiger partial charge < -0.3 is 10.1 Å². The summed E-state index contributed by atoms with van der Waals surface area (Å²) in [7, 11) is 0. The van der Waals surface area contributed by atoms with Crippen molar-refractivity contribution in [2.75, 3.05) is 18.5 Å². The minimum atomic E-state index is 0. The van der Waals surface area contributed by atoms with Gasteiger partial charge in [-0.1, -0.05) is 18.2 Å². The lowest BCUT2D eigenvalue weighted by Gasteiger charge is -2.25. The number of aromatic nitrogens is 1. The molecule has 1 atom stereocenters. The number of halogens is 1. The summed E-state index contributed by atoms with van der Waals surface area (Å²) < 4.78 is 5.96. The van der Waals surface area contributed by atoms with Gasteiger partial charge in [-0.05, 0) is 25.3 Å². The zero-order chi connectivity index (χ0) is 11.9. The van der Waals surface area contributed by atoms with Gasteiger partial charge in [-0.3, -0.25) is 4.98 Å². The normalized spacial score (nSPS) is 20.9. The van der Waals surface area contributed by atoms with Crippen LogP contribution in [0.25, 0.3) is 10.9 Å². The quantitative estimate of drug-likeness (QED) is 0.800. The fraction of sp³-hybridized carbons (Fsp3) is 0.400. The Morgan fingerprint density at radius 1 is 1.26 bits per heavy atom. The molecule has 1 unspecified atom stereocenters. The van der Waals surface area contributed by atoms with E-state index in [0.717, 1.165) is 31.5 Å². The van der Waals surface area contributed by atoms with E-state index < -0.39 is 0 Å². The molecule has 2 aliphatic rings. The predicted molar refractivity (Wildman–Crippen MR) is 79.1 cm³/mol. The van der Waals surface area contributed by atoms with Gasteiger partial charge in [-0.15, -0.1) is 12.4 Å². The highest BCUT2D eigenvalue weighted by molar-refractivity contribution is 5.93. The Kier molecular flexibility index (Phi) is 3.33. The summed E-state index contributed by atoms with van der Waals surface area (Å²) in [5.41, 5.74) is 4.91. The number of nitrogens with zero attached hydrogens (tertiary/aromatic N) is 1. The highest BCUT2D eigenvalue weighted by Gasteiger charge is 2.28. The SMILES string of the molecule is Cl.c1ccc2c3c4c(nc2c1)CCCC4OCCN3. The molecule has 0 bridgehead atoms. The van der Waals surface area contributed by atoms with E-state index >= 15 is 0 Å². The van der Waals surface area contributed by atoms with E-state index in [0.29, 0.717) is 0 Å². The molecule has 3 nitrogen and oxygen atoms in total. The fourth-order valence-corrected chi connectivity index (χ4v) is 3.15. The van der Waals surface area contributed by atoms with Crippen LogP contribution in [0.15, 0.2) is 24.3 Å². The number of hydrogen-bond acceptors (Lipinski definition) is 3. The minimum absolute atomic E-state index is 0. The van der Waals surface area contributed by atoms with Gasteiger partial charge >= 0.3 is 0 Å². The second kappa shape index (κ2) is 4.99. The molecule has 1 N–H and O–H groups in total. The molecule has 0 saturated carbocycles. The van der Waals surface area contributed by atoms with Crippen LogP contribution in [-0.2, 0) is 11.2 Å². The Balaban J connectivity index is 0.00000110. The molecule has 2 aromatic rings. The molecule has 4 rings (SSSR count). The summed E-state index contributed by atoms with van der Waals surface area (Å²) in [5, 5.41) is 4.77. The number of benzene rings is 1. The number of nitrogens with one attached hydrogen (secondary N) is 1. The molecule has 0 amide bonds. The van der Waals surface area contributed by atoms with Crippen molar-refractivity contribution in [2.24, 2.45) is 0 Å². The van der Waals surface area contributed by atoms with Crippen LogP contribution in [0.2, 0.25) is 0 Å². The average Bonchev–Trinajstić information content (AvgIpc) is 2.63. The van der Waals surface area contributed by atoms with Crippen LogP contribution in [-0.4, -0.2) is 18.1 Å². The van der Waals surface area contributed by atoms with E-state index in [-0.39, 0.29) is 18.5 Å². The lowest BCUT2D eigenvalue weighted by atomic mass is 9.90. The van der Waals surface area contributed by atoms with Gasteiger partial charge in [0.1, 0.15) is 0 Å². The first-order valence-corrected chi connectivity index (χ1v) is 6.70. The molecule has 0 saturated heterocycles. The van der Waals surface area contributed by atoms with Crippen LogP contribution in [0.3, 0.4) is 0 Å². The van der Waals surface area contributed by atoms with E-state index in [9.17, 15) is 0 Å². The number of fused-ring (bicyclic) bond motifs is 2. The number of para-hydroxylation sites is 1. The Bertz CT molecular complexity index is 614. The summed E-state index contributed by atoms with van der Waals surface area (Å²) >= 11 is 0. The van der Waals surface area contributed by atoms with Crippen molar-refractivity contribution in [3.63, 3.8) is 0 Å². The van der Waals surface area contributed by atoms with Gasteiger partial charge in [0.15, 0.2) is 0 Å². The molecule has 19 heavy (non-hydrogen) atoms. The topological polar surface area (TPSA) is 34.1 Å². The summed E-state index contributed by atoms with van der Waals surface area (Å²) in [6.45, 7) is 1.67. The third kappa shape index (κ3) is 1.97. The van der Waals surface area contributed by atoms with Crippen molar-refractivity contribution in [3.8, 4) is 0 Å². The van der Waals surface area contributed by atoms with E-state index in [1.807, 2.05) is 0 Å². The molecule has 1 aliphatic carbocycles. The van der Waals surface area contributed by atoms with Crippen molar-refractivity contribution in [1.82, 2.24) is 4.98 Å². The maximum absolute atomic E-state index is 5.96. The molecule has 1 aromatic heterocycles. The standard InChI is InChI=1S/C15H16N2O.ClH/c1-2-5-11-10(4-1)15-14-12(17-11)6-3-7-13(14)18-9-8-16-15;/h1-2,4-5,13,16H,3,6-9H2;1H. The Morgan fingerprint density at radius 2 is 2.16 bits per heavy atom. The van der Waals surface area contributed by atoms with Crippen LogP contribution in [0.4, 0.5) is 5.69 Å². The molecule has 1 aliphatic heterocycles. The number of rotatable bonds is 0. The van der Waals surface area contributed by atoms with E-state index in [1.165, 1.54) is 28.8 Å². The van der Waals surface area contributed by atoms with Crippen molar-refractivity contribution < 1.29 is 4.74 Å². The molecule has 0 spiro atoms. The van der Waals surface area contributed by atoms with Crippen molar-refractivity contribution in [2.45, 2.75) is 25.4 Å². The van der Waals surface area contributed by atoms with E-state index in [1.54, 1.807) is 0 Å². The Hall–Kier alpha value is -1.32. The zero-order valence-corrected chi connectivity index (χ0v) is 11.5. The fourth-order valence-electron chi connectivity index (χ4n) is 3.15. The first-order valence-electron chi connectivity index (χ1n) is 6.70. The van der Waals surface area contributed by atoms with Crippen LogP contribution >= 0.6 is 12.4 Å². The third-order valence-corrected chi connectivity index (χ3v) is 3.93. The first kappa shape index (κ1) is 12.7. The maximum Gasteiger partial charge on any atom is 0.0864 e. The van der Waals surface area contributed by atoms with Crippen molar-refractivity contribution in [3.05, 3.63) is 35.5 Å². The zero-order valence-electron chi connectivity index (χ0n) is 10.7. The monoisotopic (exact) mass is 276 g/mol. The Labute approximate surface area is 118 Å². The third-order valence-electron chi connectivity index (χ3n) is 3.93. The van der Waals surface area contributed by atoms with Gasteiger partial charge in [-0.2, -0.15) is 0 Å². The highest BCUT2D eigenvalue weighted by Crippen LogP contribution is 2.41. The van der Waals surface area contributed by atoms with Gasteiger partial charge in [0.2, 0.25) is 0 Å². The van der Waals surface area contributed by atoms with E-state index in [4.69, 9.17) is 9.72 Å². The lowest BCUT2D eigenvalue weighted by molar-refractivity contribution is 0.0512. The van der Waals surface area contributed by atoms with Crippen LogP contribution in [0.5, 0.6) is 0 Å². The predicted octanol–water partition coefficient (Wildman–Crippen LogP) is 3.48. The van der Waals surface area contributed by atoms with E-state index in [2.05, 4.69) is 29.6 Å². The van der Waals surface area contributed by atoms with Crippen molar-refractivity contribution >= 4 is 29.0 Å². The maximum atomic E-state index is 5.96. The average molecular weight is 277 g/mol. The largest absolute Gasteiger partial charge is 0.382 e. The Morgan fingerprint density at radius 3 is 3.11 bits per heavy atom. The van der Waals surface area contributed by atoms with Gasteiger partial charge in [0, 0.05) is 23.2 Å². The molecule has 4 heteroatoms. The number of hydrogen-bond donors (Lipinski definition) is 1. The molecule has 2 heterocycles. The first-order chi connectivity index (χ1) is 8.93. The summed E-state index contributed by atoms with van der Waals surface area (Å²) in [5.74, 6) is 0.